The van der Waals surface area contributed by atoms with Gasteiger partial charge in [-0.3, -0.25) is 0 Å². The maximum Gasteiger partial charge on any atom is 0.341 e. The van der Waals surface area contributed by atoms with Gasteiger partial charge in [0.2, 0.25) is 0 Å². The number of amides is 2. The number of hydrazone groups is 1. The van der Waals surface area contributed by atoms with Crippen LogP contribution in [0.25, 0.3) is 0 Å². The summed E-state index contributed by atoms with van der Waals surface area (Å²) in [5.74, 6) is -1.09. The van der Waals surface area contributed by atoms with Gasteiger partial charge in [-0.25, -0.2) is 18.6 Å². The Balaban J connectivity index is 1.78. The number of carbonyl (C=O) groups is 1. The number of benzene rings is 2. The van der Waals surface area contributed by atoms with Crippen molar-refractivity contribution in [3.05, 3.63) is 83.4 Å². The number of urea groups is 1. The first-order valence-corrected chi connectivity index (χ1v) is 8.81. The quantitative estimate of drug-likeness (QED) is 0.730. The Morgan fingerprint density at radius 2 is 1.78 bits per heavy atom. The van der Waals surface area contributed by atoms with Crippen LogP contribution in [0.3, 0.4) is 0 Å². The minimum atomic E-state index is -0.783. The van der Waals surface area contributed by atoms with Crippen LogP contribution in [-0.4, -0.2) is 34.7 Å². The Labute approximate surface area is 156 Å². The minimum Gasteiger partial charge on any atom is -0.316 e. The van der Waals surface area contributed by atoms with Crippen LogP contribution in [-0.2, 0) is 5.54 Å². The molecule has 0 aromatic heterocycles. The number of halogens is 2. The molecule has 0 N–H and O–H groups in total. The fourth-order valence-corrected chi connectivity index (χ4v) is 3.58. The summed E-state index contributed by atoms with van der Waals surface area (Å²) >= 11 is 0. The molecule has 2 amide bonds. The zero-order valence-corrected chi connectivity index (χ0v) is 14.9. The van der Waals surface area contributed by atoms with E-state index >= 15 is 0 Å². The van der Waals surface area contributed by atoms with Gasteiger partial charge in [0, 0.05) is 25.1 Å². The molecule has 1 atom stereocenters. The zero-order chi connectivity index (χ0) is 19.0. The van der Waals surface area contributed by atoms with E-state index in [1.54, 1.807) is 4.90 Å². The molecular formula is C21H19F2N3O. The van der Waals surface area contributed by atoms with Crippen molar-refractivity contribution < 1.29 is 13.6 Å². The molecule has 0 saturated carbocycles. The smallest absolute Gasteiger partial charge is 0.316 e. The monoisotopic (exact) mass is 367 g/mol. The lowest BCUT2D eigenvalue weighted by Gasteiger charge is -2.35. The molecular weight excluding hydrogens is 348 g/mol. The predicted octanol–water partition coefficient (Wildman–Crippen LogP) is 4.28. The first-order valence-electron chi connectivity index (χ1n) is 8.81. The highest BCUT2D eigenvalue weighted by Crippen LogP contribution is 2.40. The molecule has 0 spiro atoms. The molecule has 0 radical (unpaired) electrons. The van der Waals surface area contributed by atoms with E-state index in [-0.39, 0.29) is 11.6 Å². The van der Waals surface area contributed by atoms with E-state index in [0.717, 1.165) is 23.8 Å². The molecule has 2 aliphatic rings. The Hall–Kier alpha value is -3.02. The molecule has 0 aliphatic carbocycles. The van der Waals surface area contributed by atoms with Gasteiger partial charge in [-0.05, 0) is 30.7 Å². The third-order valence-electron chi connectivity index (χ3n) is 5.10. The van der Waals surface area contributed by atoms with Crippen molar-refractivity contribution in [1.29, 1.82) is 0 Å². The minimum absolute atomic E-state index is 0.0898. The molecule has 2 aromatic rings. The zero-order valence-electron chi connectivity index (χ0n) is 14.9. The van der Waals surface area contributed by atoms with E-state index in [1.165, 1.54) is 5.01 Å². The van der Waals surface area contributed by atoms with Gasteiger partial charge in [-0.1, -0.05) is 42.5 Å². The number of rotatable bonds is 2. The third-order valence-corrected chi connectivity index (χ3v) is 5.10. The van der Waals surface area contributed by atoms with Gasteiger partial charge >= 0.3 is 6.03 Å². The Kier molecular flexibility index (Phi) is 4.26. The molecule has 4 rings (SSSR count). The highest BCUT2D eigenvalue weighted by atomic mass is 19.1. The van der Waals surface area contributed by atoms with Crippen molar-refractivity contribution in [1.82, 2.24) is 9.91 Å². The van der Waals surface area contributed by atoms with Gasteiger partial charge in [-0.15, -0.1) is 0 Å². The van der Waals surface area contributed by atoms with Crippen molar-refractivity contribution in [3.8, 4) is 0 Å². The molecule has 4 nitrogen and oxygen atoms in total. The number of hydrogen-bond acceptors (Lipinski definition) is 2. The molecule has 0 fully saturated rings. The number of nitrogens with zero attached hydrogens (tertiary/aromatic N) is 3. The maximum absolute atomic E-state index is 14.3. The van der Waals surface area contributed by atoms with Crippen molar-refractivity contribution >= 4 is 11.7 Å². The lowest BCUT2D eigenvalue weighted by atomic mass is 9.86. The van der Waals surface area contributed by atoms with Crippen LogP contribution in [0.2, 0.25) is 0 Å². The summed E-state index contributed by atoms with van der Waals surface area (Å²) < 4.78 is 28.0. The van der Waals surface area contributed by atoms with E-state index in [4.69, 9.17) is 0 Å². The van der Waals surface area contributed by atoms with E-state index < -0.39 is 17.2 Å². The molecule has 138 valence electrons. The van der Waals surface area contributed by atoms with Crippen LogP contribution in [0.1, 0.15) is 24.5 Å². The Morgan fingerprint density at radius 3 is 2.48 bits per heavy atom. The molecule has 27 heavy (non-hydrogen) atoms. The van der Waals surface area contributed by atoms with Crippen LogP contribution >= 0.6 is 0 Å². The molecule has 0 bridgehead atoms. The second-order valence-corrected chi connectivity index (χ2v) is 6.96. The highest BCUT2D eigenvalue weighted by molar-refractivity contribution is 6.03. The summed E-state index contributed by atoms with van der Waals surface area (Å²) in [7, 11) is 0. The van der Waals surface area contributed by atoms with Crippen LogP contribution in [0.5, 0.6) is 0 Å². The van der Waals surface area contributed by atoms with Crippen molar-refractivity contribution in [2.45, 2.75) is 18.9 Å². The predicted molar refractivity (Wildman–Crippen MR) is 99.3 cm³/mol. The number of hydrogen-bond donors (Lipinski definition) is 0. The van der Waals surface area contributed by atoms with Gasteiger partial charge in [0.15, 0.2) is 0 Å². The van der Waals surface area contributed by atoms with Gasteiger partial charge < -0.3 is 4.90 Å². The van der Waals surface area contributed by atoms with Gasteiger partial charge in [-0.2, -0.15) is 5.10 Å². The van der Waals surface area contributed by atoms with E-state index in [2.05, 4.69) is 5.10 Å². The van der Waals surface area contributed by atoms with E-state index in [1.807, 2.05) is 49.4 Å². The fraction of sp³-hybridized carbons (Fsp3) is 0.238. The molecule has 2 aromatic carbocycles. The normalized spacial score (nSPS) is 21.7. The largest absolute Gasteiger partial charge is 0.341 e. The van der Waals surface area contributed by atoms with Crippen molar-refractivity contribution in [3.63, 3.8) is 0 Å². The average Bonchev–Trinajstić information content (AvgIpc) is 3.33. The standard InChI is InChI=1S/C21H19F2N3O/c1-21(15-7-3-2-4-8-15)14-19(17-13-16(22)9-10-18(17)23)24-26(21)20(27)25-11-5-6-12-25/h2-10,13H,11-12,14H2,1H3. The second kappa shape index (κ2) is 6.61. The summed E-state index contributed by atoms with van der Waals surface area (Å²) in [6, 6.07) is 12.6. The highest BCUT2D eigenvalue weighted by Gasteiger charge is 2.45. The van der Waals surface area contributed by atoms with Crippen molar-refractivity contribution in [2.24, 2.45) is 5.10 Å². The van der Waals surface area contributed by atoms with Gasteiger partial charge in [0.1, 0.15) is 11.6 Å². The summed E-state index contributed by atoms with van der Waals surface area (Å²) in [5, 5.41) is 5.87. The molecule has 1 unspecified atom stereocenters. The second-order valence-electron chi connectivity index (χ2n) is 6.96. The lowest BCUT2D eigenvalue weighted by molar-refractivity contribution is 0.116. The lowest BCUT2D eigenvalue weighted by Crippen LogP contribution is -2.47. The Morgan fingerprint density at radius 1 is 1.07 bits per heavy atom. The van der Waals surface area contributed by atoms with Crippen LogP contribution < -0.4 is 0 Å². The fourth-order valence-electron chi connectivity index (χ4n) is 3.58. The summed E-state index contributed by atoms with van der Waals surface area (Å²) in [6.07, 6.45) is 4.14. The van der Waals surface area contributed by atoms with Crippen molar-refractivity contribution in [2.75, 3.05) is 13.1 Å². The third kappa shape index (κ3) is 3.01. The maximum atomic E-state index is 14.3. The summed E-state index contributed by atoms with van der Waals surface area (Å²) in [4.78, 5) is 14.8. The molecule has 2 heterocycles. The SMILES string of the molecule is CC1(c2ccccc2)CC(c2cc(F)ccc2F)=NN1C(=O)N1CC=CC1. The van der Waals surface area contributed by atoms with Crippen LogP contribution in [0, 0.1) is 11.6 Å². The first-order chi connectivity index (χ1) is 13.0. The van der Waals surface area contributed by atoms with Gasteiger partial charge in [0.05, 0.1) is 11.3 Å². The van der Waals surface area contributed by atoms with E-state index in [0.29, 0.717) is 25.2 Å². The topological polar surface area (TPSA) is 35.9 Å². The van der Waals surface area contributed by atoms with E-state index in [9.17, 15) is 13.6 Å². The molecule has 2 aliphatic heterocycles. The summed E-state index contributed by atoms with van der Waals surface area (Å²) in [6.45, 7) is 2.93. The van der Waals surface area contributed by atoms with Gasteiger partial charge in [0.25, 0.3) is 0 Å². The van der Waals surface area contributed by atoms with Crippen LogP contribution in [0.15, 0.2) is 65.8 Å². The first kappa shape index (κ1) is 17.4. The molecule has 0 saturated heterocycles. The van der Waals surface area contributed by atoms with Crippen LogP contribution in [0.4, 0.5) is 13.6 Å². The molecule has 6 heteroatoms. The Bertz CT molecular complexity index is 934. The average molecular weight is 367 g/mol. The summed E-state index contributed by atoms with van der Waals surface area (Å²) in [5.41, 5.74) is 0.557. The number of carbonyl (C=O) groups excluding carboxylic acids is 1.